The standard InChI is InChI=1S/C9H12N2O4S/c10-8(9(12)13)5-6-1-3-7(4-2-6)16(11,14)15/h1-4,8H,5,10H2,(H,12,13)(H2,11,14,15)/t8-/m0/s1. The minimum Gasteiger partial charge on any atom is -0.480 e. The lowest BCUT2D eigenvalue weighted by molar-refractivity contribution is -0.138. The van der Waals surface area contributed by atoms with E-state index >= 15 is 0 Å². The molecule has 0 saturated carbocycles. The smallest absolute Gasteiger partial charge is 0.320 e. The summed E-state index contributed by atoms with van der Waals surface area (Å²) in [6.07, 6.45) is 0.139. The first-order chi connectivity index (χ1) is 7.30. The highest BCUT2D eigenvalue weighted by Gasteiger charge is 2.13. The molecule has 7 heteroatoms. The maximum atomic E-state index is 10.9. The van der Waals surface area contributed by atoms with Crippen molar-refractivity contribution in [3.8, 4) is 0 Å². The van der Waals surface area contributed by atoms with Gasteiger partial charge >= 0.3 is 5.97 Å². The average Bonchev–Trinajstić information content (AvgIpc) is 2.17. The van der Waals surface area contributed by atoms with Gasteiger partial charge in [-0.2, -0.15) is 0 Å². The fraction of sp³-hybridized carbons (Fsp3) is 0.222. The summed E-state index contributed by atoms with van der Waals surface area (Å²) in [5, 5.41) is 13.5. The molecule has 0 aliphatic heterocycles. The van der Waals surface area contributed by atoms with Crippen LogP contribution in [0.15, 0.2) is 29.2 Å². The summed E-state index contributed by atoms with van der Waals surface area (Å²) in [6.45, 7) is 0. The van der Waals surface area contributed by atoms with E-state index in [-0.39, 0.29) is 11.3 Å². The summed E-state index contributed by atoms with van der Waals surface area (Å²) in [7, 11) is -3.71. The first kappa shape index (κ1) is 12.6. The van der Waals surface area contributed by atoms with E-state index in [0.29, 0.717) is 5.56 Å². The van der Waals surface area contributed by atoms with E-state index in [1.165, 1.54) is 24.3 Å². The summed E-state index contributed by atoms with van der Waals surface area (Å²) < 4.78 is 21.9. The molecule has 1 atom stereocenters. The molecule has 5 N–H and O–H groups in total. The number of primary sulfonamides is 1. The van der Waals surface area contributed by atoms with Crippen molar-refractivity contribution in [2.75, 3.05) is 0 Å². The summed E-state index contributed by atoms with van der Waals surface area (Å²) in [4.78, 5) is 10.5. The monoisotopic (exact) mass is 244 g/mol. The van der Waals surface area contributed by atoms with Crippen LogP contribution in [0.3, 0.4) is 0 Å². The Hall–Kier alpha value is -1.44. The molecule has 0 bridgehead atoms. The van der Waals surface area contributed by atoms with E-state index in [9.17, 15) is 13.2 Å². The Balaban J connectivity index is 2.84. The molecular weight excluding hydrogens is 232 g/mol. The number of carboxylic acid groups (broad SMARTS) is 1. The van der Waals surface area contributed by atoms with Gasteiger partial charge in [-0.15, -0.1) is 0 Å². The van der Waals surface area contributed by atoms with Crippen molar-refractivity contribution in [3.05, 3.63) is 29.8 Å². The molecule has 0 amide bonds. The first-order valence-electron chi connectivity index (χ1n) is 4.41. The lowest BCUT2D eigenvalue weighted by atomic mass is 10.1. The second-order valence-corrected chi connectivity index (χ2v) is 4.90. The van der Waals surface area contributed by atoms with Crippen LogP contribution in [0.4, 0.5) is 0 Å². The molecule has 0 heterocycles. The molecule has 0 aromatic heterocycles. The van der Waals surface area contributed by atoms with E-state index < -0.39 is 22.0 Å². The normalized spacial score (nSPS) is 13.4. The van der Waals surface area contributed by atoms with Gasteiger partial charge < -0.3 is 10.8 Å². The summed E-state index contributed by atoms with van der Waals surface area (Å²) in [5.41, 5.74) is 5.97. The number of carbonyl (C=O) groups is 1. The second kappa shape index (κ2) is 4.60. The number of rotatable bonds is 4. The molecule has 0 spiro atoms. The Bertz CT molecular complexity index is 481. The van der Waals surface area contributed by atoms with Crippen LogP contribution in [-0.4, -0.2) is 25.5 Å². The molecule has 16 heavy (non-hydrogen) atoms. The van der Waals surface area contributed by atoms with Crippen molar-refractivity contribution in [1.82, 2.24) is 0 Å². The fourth-order valence-electron chi connectivity index (χ4n) is 1.16. The topological polar surface area (TPSA) is 123 Å². The third-order valence-corrected chi connectivity index (χ3v) is 2.95. The molecule has 0 aliphatic rings. The summed E-state index contributed by atoms with van der Waals surface area (Å²) in [5.74, 6) is -1.10. The molecule has 6 nitrogen and oxygen atoms in total. The number of hydrogen-bond donors (Lipinski definition) is 3. The average molecular weight is 244 g/mol. The fourth-order valence-corrected chi connectivity index (χ4v) is 1.67. The maximum absolute atomic E-state index is 10.9. The largest absolute Gasteiger partial charge is 0.480 e. The summed E-state index contributed by atoms with van der Waals surface area (Å²) >= 11 is 0. The van der Waals surface area contributed by atoms with Crippen LogP contribution >= 0.6 is 0 Å². The van der Waals surface area contributed by atoms with Crippen LogP contribution in [0.25, 0.3) is 0 Å². The van der Waals surface area contributed by atoms with Crippen molar-refractivity contribution in [3.63, 3.8) is 0 Å². The van der Waals surface area contributed by atoms with Gasteiger partial charge in [0, 0.05) is 0 Å². The van der Waals surface area contributed by atoms with Crippen LogP contribution in [0.1, 0.15) is 5.56 Å². The Morgan fingerprint density at radius 1 is 1.31 bits per heavy atom. The zero-order chi connectivity index (χ0) is 12.3. The lowest BCUT2D eigenvalue weighted by Gasteiger charge is -2.06. The highest BCUT2D eigenvalue weighted by Crippen LogP contribution is 2.09. The molecule has 0 radical (unpaired) electrons. The van der Waals surface area contributed by atoms with Gasteiger partial charge in [-0.3, -0.25) is 4.79 Å². The zero-order valence-corrected chi connectivity index (χ0v) is 9.15. The van der Waals surface area contributed by atoms with Gasteiger partial charge in [0.05, 0.1) is 4.90 Å². The van der Waals surface area contributed by atoms with Gasteiger partial charge in [0.2, 0.25) is 10.0 Å². The summed E-state index contributed by atoms with van der Waals surface area (Å²) in [6, 6.07) is 4.61. The van der Waals surface area contributed by atoms with E-state index in [0.717, 1.165) is 0 Å². The van der Waals surface area contributed by atoms with Crippen molar-refractivity contribution in [1.29, 1.82) is 0 Å². The number of benzene rings is 1. The third kappa shape index (κ3) is 3.30. The molecule has 0 fully saturated rings. The van der Waals surface area contributed by atoms with Gasteiger partial charge in [-0.1, -0.05) is 12.1 Å². The van der Waals surface area contributed by atoms with Crippen molar-refractivity contribution in [2.45, 2.75) is 17.4 Å². The van der Waals surface area contributed by atoms with Crippen LogP contribution < -0.4 is 10.9 Å². The molecule has 0 aliphatic carbocycles. The molecule has 88 valence electrons. The van der Waals surface area contributed by atoms with E-state index in [2.05, 4.69) is 0 Å². The molecule has 1 rings (SSSR count). The zero-order valence-electron chi connectivity index (χ0n) is 8.33. The Morgan fingerprint density at radius 2 is 1.81 bits per heavy atom. The minimum atomic E-state index is -3.71. The van der Waals surface area contributed by atoms with Crippen molar-refractivity contribution in [2.24, 2.45) is 10.9 Å². The number of hydrogen-bond acceptors (Lipinski definition) is 4. The van der Waals surface area contributed by atoms with Gasteiger partial charge in [0.25, 0.3) is 0 Å². The minimum absolute atomic E-state index is 0.0138. The predicted octanol–water partition coefficient (Wildman–Crippen LogP) is -0.712. The highest BCUT2D eigenvalue weighted by atomic mass is 32.2. The second-order valence-electron chi connectivity index (χ2n) is 3.34. The lowest BCUT2D eigenvalue weighted by Crippen LogP contribution is -2.32. The number of carboxylic acids is 1. The van der Waals surface area contributed by atoms with Crippen LogP contribution in [0.5, 0.6) is 0 Å². The number of aliphatic carboxylic acids is 1. The molecule has 0 saturated heterocycles. The highest BCUT2D eigenvalue weighted by molar-refractivity contribution is 7.89. The van der Waals surface area contributed by atoms with Gasteiger partial charge in [-0.25, -0.2) is 13.6 Å². The SMILES string of the molecule is N[C@@H](Cc1ccc(S(N)(=O)=O)cc1)C(=O)O. The van der Waals surface area contributed by atoms with Crippen molar-refractivity contribution >= 4 is 16.0 Å². The van der Waals surface area contributed by atoms with E-state index in [1.807, 2.05) is 0 Å². The Kier molecular flexibility index (Phi) is 3.63. The van der Waals surface area contributed by atoms with Crippen LogP contribution in [0, 0.1) is 0 Å². The van der Waals surface area contributed by atoms with Gasteiger partial charge in [0.15, 0.2) is 0 Å². The third-order valence-electron chi connectivity index (χ3n) is 2.02. The Morgan fingerprint density at radius 3 is 2.19 bits per heavy atom. The number of sulfonamides is 1. The predicted molar refractivity (Wildman–Crippen MR) is 57.1 cm³/mol. The van der Waals surface area contributed by atoms with Crippen LogP contribution in [0.2, 0.25) is 0 Å². The molecule has 1 aromatic carbocycles. The van der Waals surface area contributed by atoms with Crippen molar-refractivity contribution < 1.29 is 18.3 Å². The molecule has 1 aromatic rings. The molecule has 0 unspecified atom stereocenters. The first-order valence-corrected chi connectivity index (χ1v) is 5.95. The number of nitrogens with two attached hydrogens (primary N) is 2. The van der Waals surface area contributed by atoms with E-state index in [1.54, 1.807) is 0 Å². The quantitative estimate of drug-likeness (QED) is 0.645. The van der Waals surface area contributed by atoms with Gasteiger partial charge in [0.1, 0.15) is 6.04 Å². The van der Waals surface area contributed by atoms with Crippen LogP contribution in [-0.2, 0) is 21.2 Å². The Labute approximate surface area is 92.9 Å². The molecular formula is C9H12N2O4S. The van der Waals surface area contributed by atoms with E-state index in [4.69, 9.17) is 16.0 Å². The maximum Gasteiger partial charge on any atom is 0.320 e. The van der Waals surface area contributed by atoms with Gasteiger partial charge in [-0.05, 0) is 24.1 Å².